The number of esters is 1. The van der Waals surface area contributed by atoms with Gasteiger partial charge in [0.2, 0.25) is 5.78 Å². The predicted octanol–water partition coefficient (Wildman–Crippen LogP) is 1.36. The van der Waals surface area contributed by atoms with Crippen LogP contribution in [0.3, 0.4) is 0 Å². The van der Waals surface area contributed by atoms with E-state index in [2.05, 4.69) is 6.92 Å². The zero-order valence-corrected chi connectivity index (χ0v) is 7.24. The van der Waals surface area contributed by atoms with Crippen LogP contribution in [0.1, 0.15) is 12.5 Å². The first kappa shape index (κ1) is 9.45. The van der Waals surface area contributed by atoms with Crippen molar-refractivity contribution in [2.75, 3.05) is 0 Å². The van der Waals surface area contributed by atoms with Gasteiger partial charge in [-0.2, -0.15) is 0 Å². The average molecular weight is 177 g/mol. The monoisotopic (exact) mass is 177 g/mol. The highest BCUT2D eigenvalue weighted by Crippen LogP contribution is 2.11. The van der Waals surface area contributed by atoms with Crippen molar-refractivity contribution in [3.05, 3.63) is 36.8 Å². The summed E-state index contributed by atoms with van der Waals surface area (Å²) in [6.07, 6.45) is 0. The number of Topliss-reactive ketones (excluding diaryl/α,β-unsaturated/α-hetero) is 1. The number of hydrogen-bond donors (Lipinski definition) is 0. The summed E-state index contributed by atoms with van der Waals surface area (Å²) < 4.78 is 4.71. The molecule has 0 aromatic heterocycles. The van der Waals surface area contributed by atoms with Gasteiger partial charge >= 0.3 is 5.97 Å². The topological polar surface area (TPSA) is 43.4 Å². The van der Waals surface area contributed by atoms with Crippen LogP contribution in [0.25, 0.3) is 0 Å². The van der Waals surface area contributed by atoms with Crippen LogP contribution in [0.15, 0.2) is 24.3 Å². The van der Waals surface area contributed by atoms with Crippen LogP contribution in [0.5, 0.6) is 5.75 Å². The van der Waals surface area contributed by atoms with E-state index in [0.29, 0.717) is 5.75 Å². The summed E-state index contributed by atoms with van der Waals surface area (Å²) in [6, 6.07) is 6.57. The molecule has 0 spiro atoms. The van der Waals surface area contributed by atoms with Gasteiger partial charge in [-0.15, -0.1) is 0 Å². The third kappa shape index (κ3) is 2.71. The number of carbonyl (C=O) groups excluding carboxylic acids is 2. The fourth-order valence-corrected chi connectivity index (χ4v) is 0.736. The lowest BCUT2D eigenvalue weighted by atomic mass is 10.2. The van der Waals surface area contributed by atoms with E-state index in [4.69, 9.17) is 4.74 Å². The molecule has 0 atom stereocenters. The van der Waals surface area contributed by atoms with Gasteiger partial charge in [-0.3, -0.25) is 4.79 Å². The van der Waals surface area contributed by atoms with Crippen molar-refractivity contribution in [2.24, 2.45) is 0 Å². The lowest BCUT2D eigenvalue weighted by Gasteiger charge is -2.00. The minimum atomic E-state index is -0.850. The number of rotatable bonds is 2. The molecule has 3 heteroatoms. The molecule has 67 valence electrons. The summed E-state index contributed by atoms with van der Waals surface area (Å²) in [7, 11) is 0. The summed E-state index contributed by atoms with van der Waals surface area (Å²) in [5, 5.41) is 0. The molecule has 1 radical (unpaired) electrons. The van der Waals surface area contributed by atoms with Gasteiger partial charge in [-0.05, 0) is 24.6 Å². The van der Waals surface area contributed by atoms with E-state index in [0.717, 1.165) is 12.5 Å². The maximum absolute atomic E-state index is 10.8. The molecule has 0 aliphatic carbocycles. The Hall–Kier alpha value is -1.64. The minimum Gasteiger partial charge on any atom is -0.421 e. The summed E-state index contributed by atoms with van der Waals surface area (Å²) in [5.41, 5.74) is 0.822. The summed E-state index contributed by atoms with van der Waals surface area (Å²) in [5.74, 6) is -1.11. The molecule has 0 unspecified atom stereocenters. The van der Waals surface area contributed by atoms with Crippen LogP contribution in [0.2, 0.25) is 0 Å². The third-order valence-electron chi connectivity index (χ3n) is 1.42. The van der Waals surface area contributed by atoms with Crippen molar-refractivity contribution < 1.29 is 14.3 Å². The summed E-state index contributed by atoms with van der Waals surface area (Å²) in [4.78, 5) is 21.3. The van der Waals surface area contributed by atoms with Gasteiger partial charge in [0.15, 0.2) is 0 Å². The van der Waals surface area contributed by atoms with Gasteiger partial charge in [0.05, 0.1) is 0 Å². The molecule has 1 aromatic rings. The average Bonchev–Trinajstić information content (AvgIpc) is 2.08. The molecule has 0 heterocycles. The van der Waals surface area contributed by atoms with E-state index in [1.165, 1.54) is 0 Å². The molecule has 0 fully saturated rings. The molecule has 0 saturated carbocycles. The maximum atomic E-state index is 10.8. The molecule has 0 amide bonds. The predicted molar refractivity (Wildman–Crippen MR) is 47.2 cm³/mol. The Kier molecular flexibility index (Phi) is 2.80. The first-order valence-corrected chi connectivity index (χ1v) is 3.74. The number of benzene rings is 1. The molecule has 0 aliphatic heterocycles. The number of ether oxygens (including phenoxy) is 1. The van der Waals surface area contributed by atoms with Crippen LogP contribution >= 0.6 is 0 Å². The smallest absolute Gasteiger partial charge is 0.379 e. The van der Waals surface area contributed by atoms with Crippen molar-refractivity contribution in [3.8, 4) is 5.75 Å². The zero-order valence-electron chi connectivity index (χ0n) is 7.24. The molecule has 0 saturated heterocycles. The highest BCUT2D eigenvalue weighted by molar-refractivity contribution is 6.33. The second-order valence-electron chi connectivity index (χ2n) is 2.59. The van der Waals surface area contributed by atoms with Gasteiger partial charge in [-0.1, -0.05) is 12.1 Å². The van der Waals surface area contributed by atoms with Crippen LogP contribution in [-0.4, -0.2) is 11.8 Å². The van der Waals surface area contributed by atoms with Crippen LogP contribution in [0, 0.1) is 6.92 Å². The van der Waals surface area contributed by atoms with Crippen molar-refractivity contribution >= 4 is 11.8 Å². The molecule has 0 bridgehead atoms. The first-order valence-electron chi connectivity index (χ1n) is 3.74. The molecule has 0 N–H and O–H groups in total. The van der Waals surface area contributed by atoms with E-state index in [1.54, 1.807) is 24.3 Å². The van der Waals surface area contributed by atoms with Crippen molar-refractivity contribution in [2.45, 2.75) is 6.92 Å². The van der Waals surface area contributed by atoms with E-state index in [-0.39, 0.29) is 0 Å². The van der Waals surface area contributed by atoms with Crippen LogP contribution < -0.4 is 4.74 Å². The lowest BCUT2D eigenvalue weighted by Crippen LogP contribution is -2.16. The van der Waals surface area contributed by atoms with Crippen LogP contribution in [0.4, 0.5) is 0 Å². The molecule has 0 aliphatic rings. The van der Waals surface area contributed by atoms with Gasteiger partial charge < -0.3 is 4.74 Å². The number of hydrogen-bond acceptors (Lipinski definition) is 3. The zero-order chi connectivity index (χ0) is 9.84. The normalized spacial score (nSPS) is 9.38. The Balaban J connectivity index is 2.70. The molecular weight excluding hydrogens is 168 g/mol. The van der Waals surface area contributed by atoms with E-state index in [9.17, 15) is 9.59 Å². The molecule has 1 rings (SSSR count). The van der Waals surface area contributed by atoms with Gasteiger partial charge in [0, 0.05) is 6.92 Å². The van der Waals surface area contributed by atoms with Crippen molar-refractivity contribution in [1.29, 1.82) is 0 Å². The number of ketones is 1. The van der Waals surface area contributed by atoms with Gasteiger partial charge in [-0.25, -0.2) is 4.79 Å². The second-order valence-corrected chi connectivity index (χ2v) is 2.59. The van der Waals surface area contributed by atoms with E-state index >= 15 is 0 Å². The molecule has 13 heavy (non-hydrogen) atoms. The highest BCUT2D eigenvalue weighted by Gasteiger charge is 2.09. The Morgan fingerprint density at radius 3 is 2.23 bits per heavy atom. The fourth-order valence-electron chi connectivity index (χ4n) is 0.736. The molecule has 3 nitrogen and oxygen atoms in total. The second kappa shape index (κ2) is 3.85. The summed E-state index contributed by atoms with van der Waals surface area (Å²) in [6.45, 7) is 4.83. The first-order chi connectivity index (χ1) is 6.09. The van der Waals surface area contributed by atoms with Crippen molar-refractivity contribution in [3.63, 3.8) is 0 Å². The number of carbonyl (C=O) groups is 2. The van der Waals surface area contributed by atoms with Gasteiger partial charge in [0.1, 0.15) is 5.75 Å². The minimum absolute atomic E-state index is 0.354. The molecule has 1 aromatic carbocycles. The van der Waals surface area contributed by atoms with E-state index in [1.807, 2.05) is 0 Å². The maximum Gasteiger partial charge on any atom is 0.379 e. The standard InChI is InChI=1S/C10H9O3/c1-7-3-5-9(6-4-7)13-10(12)8(2)11/h3-6H,1H2,2H3. The van der Waals surface area contributed by atoms with Gasteiger partial charge in [0.25, 0.3) is 0 Å². The third-order valence-corrected chi connectivity index (χ3v) is 1.42. The van der Waals surface area contributed by atoms with Crippen molar-refractivity contribution in [1.82, 2.24) is 0 Å². The van der Waals surface area contributed by atoms with E-state index < -0.39 is 11.8 Å². The fraction of sp³-hybridized carbons (Fsp3) is 0.100. The SMILES string of the molecule is [CH2]c1ccc(OC(=O)C(C)=O)cc1. The summed E-state index contributed by atoms with van der Waals surface area (Å²) >= 11 is 0. The Morgan fingerprint density at radius 2 is 1.77 bits per heavy atom. The lowest BCUT2D eigenvalue weighted by molar-refractivity contribution is -0.146. The Labute approximate surface area is 76.3 Å². The highest BCUT2D eigenvalue weighted by atomic mass is 16.5. The Morgan fingerprint density at radius 1 is 1.23 bits per heavy atom. The largest absolute Gasteiger partial charge is 0.421 e. The Bertz CT molecular complexity index is 325. The molecular formula is C10H9O3. The van der Waals surface area contributed by atoms with Crippen LogP contribution in [-0.2, 0) is 9.59 Å². The quantitative estimate of drug-likeness (QED) is 0.389.